The third-order valence-corrected chi connectivity index (χ3v) is 4.59. The maximum absolute atomic E-state index is 12.8. The third kappa shape index (κ3) is 5.06. The highest BCUT2D eigenvalue weighted by molar-refractivity contribution is 5.99. The fourth-order valence-corrected chi connectivity index (χ4v) is 2.93. The Morgan fingerprint density at radius 3 is 2.48 bits per heavy atom. The minimum Gasteiger partial charge on any atom is -0.327 e. The Hall–Kier alpha value is -2.89. The van der Waals surface area contributed by atoms with E-state index in [9.17, 15) is 9.59 Å². The lowest BCUT2D eigenvalue weighted by molar-refractivity contribution is -0.134. The second-order valence-corrected chi connectivity index (χ2v) is 6.60. The molecule has 0 fully saturated rings. The molecule has 0 bridgehead atoms. The van der Waals surface area contributed by atoms with E-state index >= 15 is 0 Å². The number of carbonyl (C=O) groups is 2. The first kappa shape index (κ1) is 20.4. The zero-order valence-electron chi connectivity index (χ0n) is 16.7. The van der Waals surface area contributed by atoms with E-state index in [2.05, 4.69) is 10.4 Å². The second-order valence-electron chi connectivity index (χ2n) is 6.60. The number of benzene rings is 1. The van der Waals surface area contributed by atoms with Crippen LogP contribution in [0.3, 0.4) is 0 Å². The van der Waals surface area contributed by atoms with Crippen molar-refractivity contribution in [1.82, 2.24) is 14.7 Å². The Morgan fingerprint density at radius 2 is 1.93 bits per heavy atom. The van der Waals surface area contributed by atoms with Crippen LogP contribution in [-0.4, -0.2) is 39.1 Å². The zero-order valence-corrected chi connectivity index (χ0v) is 16.7. The van der Waals surface area contributed by atoms with E-state index < -0.39 is 6.04 Å². The van der Waals surface area contributed by atoms with Gasteiger partial charge in [-0.15, -0.1) is 0 Å². The van der Waals surface area contributed by atoms with Crippen molar-refractivity contribution < 1.29 is 9.59 Å². The Labute approximate surface area is 160 Å². The summed E-state index contributed by atoms with van der Waals surface area (Å²) >= 11 is 0. The summed E-state index contributed by atoms with van der Waals surface area (Å²) in [6.45, 7) is 8.12. The maximum atomic E-state index is 12.8. The van der Waals surface area contributed by atoms with Crippen LogP contribution in [0.5, 0.6) is 0 Å². The number of anilines is 1. The van der Waals surface area contributed by atoms with Crippen LogP contribution in [0.15, 0.2) is 36.4 Å². The highest BCUT2D eigenvalue weighted by Crippen LogP contribution is 2.15. The summed E-state index contributed by atoms with van der Waals surface area (Å²) in [6, 6.07) is 8.68. The molecule has 1 aromatic carbocycles. The fraction of sp³-hybridized carbons (Fsp3) is 0.381. The van der Waals surface area contributed by atoms with Crippen LogP contribution in [-0.2, 0) is 16.6 Å². The SMILES string of the molecule is CCCN(C(=O)/C=C\c1c(C)nn(C)c1C)[C@@H](C)C(=O)Nc1ccccc1. The van der Waals surface area contributed by atoms with Crippen LogP contribution in [0, 0.1) is 13.8 Å². The molecule has 0 aliphatic heterocycles. The molecule has 0 aliphatic carbocycles. The van der Waals surface area contributed by atoms with Gasteiger partial charge in [0.2, 0.25) is 11.8 Å². The molecule has 1 aromatic heterocycles. The molecule has 6 heteroatoms. The highest BCUT2D eigenvalue weighted by Gasteiger charge is 2.24. The molecule has 6 nitrogen and oxygen atoms in total. The first-order valence-corrected chi connectivity index (χ1v) is 9.20. The molecule has 0 saturated carbocycles. The van der Waals surface area contributed by atoms with Gasteiger partial charge in [-0.25, -0.2) is 0 Å². The summed E-state index contributed by atoms with van der Waals surface area (Å²) < 4.78 is 1.79. The van der Waals surface area contributed by atoms with Crippen LogP contribution in [0.2, 0.25) is 0 Å². The van der Waals surface area contributed by atoms with Crippen LogP contribution in [0.1, 0.15) is 37.2 Å². The first-order valence-electron chi connectivity index (χ1n) is 9.20. The van der Waals surface area contributed by atoms with Gasteiger partial charge in [-0.1, -0.05) is 25.1 Å². The van der Waals surface area contributed by atoms with Gasteiger partial charge in [0.1, 0.15) is 6.04 Å². The third-order valence-electron chi connectivity index (χ3n) is 4.59. The van der Waals surface area contributed by atoms with Gasteiger partial charge in [0, 0.05) is 36.6 Å². The van der Waals surface area contributed by atoms with E-state index in [0.29, 0.717) is 6.54 Å². The van der Waals surface area contributed by atoms with Crippen molar-refractivity contribution >= 4 is 23.6 Å². The molecular weight excluding hydrogens is 340 g/mol. The number of carbonyl (C=O) groups excluding carboxylic acids is 2. The quantitative estimate of drug-likeness (QED) is 0.763. The van der Waals surface area contributed by atoms with Crippen molar-refractivity contribution in [1.29, 1.82) is 0 Å². The van der Waals surface area contributed by atoms with E-state index in [4.69, 9.17) is 0 Å². The number of aryl methyl sites for hydroxylation is 2. The molecular formula is C21H28N4O2. The molecule has 144 valence electrons. The topological polar surface area (TPSA) is 67.2 Å². The van der Waals surface area contributed by atoms with Crippen molar-refractivity contribution in [2.75, 3.05) is 11.9 Å². The Balaban J connectivity index is 2.13. The summed E-state index contributed by atoms with van der Waals surface area (Å²) in [5, 5.41) is 7.22. The van der Waals surface area contributed by atoms with Crippen LogP contribution >= 0.6 is 0 Å². The normalized spacial score (nSPS) is 12.2. The number of para-hydroxylation sites is 1. The van der Waals surface area contributed by atoms with E-state index in [1.165, 1.54) is 6.08 Å². The summed E-state index contributed by atoms with van der Waals surface area (Å²) in [5.74, 6) is -0.389. The molecule has 0 aliphatic rings. The average Bonchev–Trinajstić information content (AvgIpc) is 2.89. The van der Waals surface area contributed by atoms with Gasteiger partial charge in [0.15, 0.2) is 0 Å². The molecule has 0 radical (unpaired) electrons. The molecule has 27 heavy (non-hydrogen) atoms. The minimum absolute atomic E-state index is 0.185. The van der Waals surface area contributed by atoms with Crippen molar-refractivity contribution in [2.24, 2.45) is 7.05 Å². The highest BCUT2D eigenvalue weighted by atomic mass is 16.2. The minimum atomic E-state index is -0.571. The number of hydrogen-bond acceptors (Lipinski definition) is 3. The zero-order chi connectivity index (χ0) is 20.0. The summed E-state index contributed by atoms with van der Waals surface area (Å²) in [7, 11) is 1.88. The van der Waals surface area contributed by atoms with Gasteiger partial charge in [-0.3, -0.25) is 14.3 Å². The number of amides is 2. The number of nitrogens with zero attached hydrogens (tertiary/aromatic N) is 3. The monoisotopic (exact) mass is 368 g/mol. The van der Waals surface area contributed by atoms with Gasteiger partial charge in [-0.2, -0.15) is 5.10 Å². The lowest BCUT2D eigenvalue weighted by Gasteiger charge is -2.27. The lowest BCUT2D eigenvalue weighted by Crippen LogP contribution is -2.45. The van der Waals surface area contributed by atoms with Gasteiger partial charge in [-0.05, 0) is 45.4 Å². The lowest BCUT2D eigenvalue weighted by atomic mass is 10.1. The maximum Gasteiger partial charge on any atom is 0.247 e. The largest absolute Gasteiger partial charge is 0.327 e. The summed E-state index contributed by atoms with van der Waals surface area (Å²) in [5.41, 5.74) is 3.52. The predicted molar refractivity (Wildman–Crippen MR) is 108 cm³/mol. The molecule has 0 unspecified atom stereocenters. The first-order chi connectivity index (χ1) is 12.8. The fourth-order valence-electron chi connectivity index (χ4n) is 2.93. The van der Waals surface area contributed by atoms with Gasteiger partial charge >= 0.3 is 0 Å². The Bertz CT molecular complexity index is 824. The average molecular weight is 368 g/mol. The van der Waals surface area contributed by atoms with Gasteiger partial charge in [0.05, 0.1) is 5.69 Å². The number of hydrogen-bond donors (Lipinski definition) is 1. The molecule has 1 N–H and O–H groups in total. The molecule has 2 rings (SSSR count). The summed E-state index contributed by atoms with van der Waals surface area (Å²) in [4.78, 5) is 26.9. The number of aromatic nitrogens is 2. The van der Waals surface area contributed by atoms with Crippen LogP contribution < -0.4 is 5.32 Å². The molecule has 0 spiro atoms. The molecule has 0 saturated heterocycles. The molecule has 2 amide bonds. The van der Waals surface area contributed by atoms with Crippen LogP contribution in [0.4, 0.5) is 5.69 Å². The number of rotatable bonds is 7. The standard InChI is InChI=1S/C21H28N4O2/c1-6-14-25(17(4)21(27)22-18-10-8-7-9-11-18)20(26)13-12-19-15(2)23-24(5)16(19)3/h7-13,17H,6,14H2,1-5H3,(H,22,27)/b13-12-/t17-/m0/s1. The second kappa shape index (κ2) is 9.16. The number of nitrogens with one attached hydrogen (secondary N) is 1. The van der Waals surface area contributed by atoms with Crippen molar-refractivity contribution in [3.63, 3.8) is 0 Å². The van der Waals surface area contributed by atoms with Gasteiger partial charge < -0.3 is 10.2 Å². The smallest absolute Gasteiger partial charge is 0.247 e. The van der Waals surface area contributed by atoms with E-state index in [1.54, 1.807) is 22.6 Å². The van der Waals surface area contributed by atoms with Crippen LogP contribution in [0.25, 0.3) is 6.08 Å². The van der Waals surface area contributed by atoms with E-state index in [0.717, 1.165) is 29.1 Å². The Morgan fingerprint density at radius 1 is 1.26 bits per heavy atom. The van der Waals surface area contributed by atoms with Crippen molar-refractivity contribution in [3.05, 3.63) is 53.4 Å². The molecule has 1 heterocycles. The van der Waals surface area contributed by atoms with E-state index in [1.807, 2.05) is 58.2 Å². The predicted octanol–water partition coefficient (Wildman–Crippen LogP) is 3.32. The van der Waals surface area contributed by atoms with Crippen molar-refractivity contribution in [3.8, 4) is 0 Å². The van der Waals surface area contributed by atoms with Crippen molar-refractivity contribution in [2.45, 2.75) is 40.2 Å². The molecule has 1 atom stereocenters. The molecule has 2 aromatic rings. The van der Waals surface area contributed by atoms with E-state index in [-0.39, 0.29) is 11.8 Å². The van der Waals surface area contributed by atoms with Gasteiger partial charge in [0.25, 0.3) is 0 Å². The Kier molecular flexibility index (Phi) is 6.93. The summed E-state index contributed by atoms with van der Waals surface area (Å²) in [6.07, 6.45) is 4.08.